The van der Waals surface area contributed by atoms with Crippen LogP contribution in [0, 0.1) is 0 Å². The highest BCUT2D eigenvalue weighted by molar-refractivity contribution is 5.86. The Morgan fingerprint density at radius 3 is 2.74 bits per heavy atom. The van der Waals surface area contributed by atoms with Crippen LogP contribution in [0.15, 0.2) is 59.0 Å². The molecule has 4 rings (SSSR count). The summed E-state index contributed by atoms with van der Waals surface area (Å²) in [5.74, 6) is 0.979. The molecule has 0 saturated carbocycles. The van der Waals surface area contributed by atoms with Crippen LogP contribution < -0.4 is 20.3 Å². The number of hydrogen-bond donors (Lipinski definition) is 2. The second-order valence-corrected chi connectivity index (χ2v) is 7.72. The van der Waals surface area contributed by atoms with Gasteiger partial charge >= 0.3 is 0 Å². The lowest BCUT2D eigenvalue weighted by atomic mass is 10.1. The molecule has 2 N–H and O–H groups in total. The van der Waals surface area contributed by atoms with Gasteiger partial charge in [-0.3, -0.25) is 9.59 Å². The van der Waals surface area contributed by atoms with Gasteiger partial charge in [0.25, 0.3) is 5.91 Å². The normalized spacial score (nSPS) is 16.3. The van der Waals surface area contributed by atoms with Crippen LogP contribution in [0.4, 0.5) is 5.69 Å². The summed E-state index contributed by atoms with van der Waals surface area (Å²) in [4.78, 5) is 27.2. The number of rotatable bonds is 7. The van der Waals surface area contributed by atoms with Crippen LogP contribution in [0.1, 0.15) is 32.1 Å². The minimum Gasteiger partial charge on any atom is -0.477 e. The standard InChI is InChI=1S/C24H27N3O4/c1-3-12-25-24(29)22-14-27(18-9-5-7-11-20(18)31-22)15-23(28)26-16(2)21-13-17-8-4-6-10-19(17)30-21/h4-11,13,16,22H,3,12,14-15H2,1-2H3,(H,25,29)(H,26,28)/t16-,22-/m0/s1. The van der Waals surface area contributed by atoms with E-state index < -0.39 is 6.10 Å². The maximum Gasteiger partial charge on any atom is 0.262 e. The topological polar surface area (TPSA) is 83.8 Å². The number of carbonyl (C=O) groups is 2. The van der Waals surface area contributed by atoms with E-state index in [-0.39, 0.29) is 24.4 Å². The van der Waals surface area contributed by atoms with Crippen molar-refractivity contribution >= 4 is 28.5 Å². The molecule has 2 aromatic carbocycles. The predicted molar refractivity (Wildman–Crippen MR) is 119 cm³/mol. The van der Waals surface area contributed by atoms with Crippen LogP contribution in [0.5, 0.6) is 5.75 Å². The zero-order chi connectivity index (χ0) is 21.8. The van der Waals surface area contributed by atoms with Crippen molar-refractivity contribution < 1.29 is 18.7 Å². The van der Waals surface area contributed by atoms with Gasteiger partial charge < -0.3 is 24.7 Å². The summed E-state index contributed by atoms with van der Waals surface area (Å²) < 4.78 is 11.7. The third-order valence-corrected chi connectivity index (χ3v) is 5.29. The second kappa shape index (κ2) is 9.12. The molecule has 2 heterocycles. The van der Waals surface area contributed by atoms with Gasteiger partial charge in [-0.15, -0.1) is 0 Å². The number of carbonyl (C=O) groups excluding carboxylic acids is 2. The SMILES string of the molecule is CCCNC(=O)[C@@H]1CN(CC(=O)N[C@@H](C)c2cc3ccccc3o2)c2ccccc2O1. The Hall–Kier alpha value is -3.48. The molecule has 2 amide bonds. The first-order valence-electron chi connectivity index (χ1n) is 10.6. The zero-order valence-electron chi connectivity index (χ0n) is 17.8. The lowest BCUT2D eigenvalue weighted by Gasteiger charge is -2.35. The molecule has 0 saturated heterocycles. The van der Waals surface area contributed by atoms with E-state index in [0.29, 0.717) is 24.6 Å². The van der Waals surface area contributed by atoms with Crippen molar-refractivity contribution in [3.8, 4) is 5.75 Å². The number of amides is 2. The predicted octanol–water partition coefficient (Wildman–Crippen LogP) is 3.40. The number of fused-ring (bicyclic) bond motifs is 2. The summed E-state index contributed by atoms with van der Waals surface area (Å²) >= 11 is 0. The Bertz CT molecular complexity index is 1040. The average Bonchev–Trinajstić information content (AvgIpc) is 3.22. The van der Waals surface area contributed by atoms with Gasteiger partial charge in [0, 0.05) is 11.9 Å². The van der Waals surface area contributed by atoms with Crippen molar-refractivity contribution in [2.75, 3.05) is 24.5 Å². The third kappa shape index (κ3) is 4.66. The quantitative estimate of drug-likeness (QED) is 0.611. The summed E-state index contributed by atoms with van der Waals surface area (Å²) in [6.45, 7) is 4.90. The van der Waals surface area contributed by atoms with Gasteiger partial charge in [0.15, 0.2) is 6.10 Å². The lowest BCUT2D eigenvalue weighted by Crippen LogP contribution is -2.51. The Morgan fingerprint density at radius 2 is 1.94 bits per heavy atom. The summed E-state index contributed by atoms with van der Waals surface area (Å²) in [5, 5.41) is 6.87. The zero-order valence-corrected chi connectivity index (χ0v) is 17.8. The molecule has 7 nitrogen and oxygen atoms in total. The minimum absolute atomic E-state index is 0.114. The molecule has 0 spiro atoms. The number of furan rings is 1. The van der Waals surface area contributed by atoms with Crippen LogP contribution in [-0.2, 0) is 9.59 Å². The Balaban J connectivity index is 1.45. The first kappa shape index (κ1) is 20.8. The number of nitrogens with one attached hydrogen (secondary N) is 2. The summed E-state index contributed by atoms with van der Waals surface area (Å²) in [6.07, 6.45) is 0.183. The molecule has 3 aromatic rings. The molecule has 1 aromatic heterocycles. The van der Waals surface area contributed by atoms with Crippen molar-refractivity contribution in [2.45, 2.75) is 32.4 Å². The van der Waals surface area contributed by atoms with Crippen LogP contribution in [0.2, 0.25) is 0 Å². The highest BCUT2D eigenvalue weighted by Gasteiger charge is 2.31. The van der Waals surface area contributed by atoms with E-state index >= 15 is 0 Å². The van der Waals surface area contributed by atoms with Gasteiger partial charge in [0.2, 0.25) is 5.91 Å². The fourth-order valence-corrected chi connectivity index (χ4v) is 3.70. The molecule has 162 valence electrons. The van der Waals surface area contributed by atoms with E-state index in [1.54, 1.807) is 0 Å². The van der Waals surface area contributed by atoms with Crippen molar-refractivity contribution in [3.05, 3.63) is 60.4 Å². The fraction of sp³-hybridized carbons (Fsp3) is 0.333. The van der Waals surface area contributed by atoms with E-state index in [1.165, 1.54) is 0 Å². The van der Waals surface area contributed by atoms with Gasteiger partial charge in [0.05, 0.1) is 24.8 Å². The minimum atomic E-state index is -0.665. The van der Waals surface area contributed by atoms with Crippen molar-refractivity contribution in [3.63, 3.8) is 0 Å². The number of para-hydroxylation sites is 3. The number of benzene rings is 2. The highest BCUT2D eigenvalue weighted by atomic mass is 16.5. The van der Waals surface area contributed by atoms with Gasteiger partial charge in [-0.05, 0) is 37.6 Å². The van der Waals surface area contributed by atoms with E-state index in [4.69, 9.17) is 9.15 Å². The molecular weight excluding hydrogens is 394 g/mol. The van der Waals surface area contributed by atoms with Crippen molar-refractivity contribution in [1.82, 2.24) is 10.6 Å². The monoisotopic (exact) mass is 421 g/mol. The molecule has 0 fully saturated rings. The largest absolute Gasteiger partial charge is 0.477 e. The molecule has 0 bridgehead atoms. The van der Waals surface area contributed by atoms with Crippen LogP contribution in [-0.4, -0.2) is 37.6 Å². The van der Waals surface area contributed by atoms with Crippen molar-refractivity contribution in [1.29, 1.82) is 0 Å². The molecule has 1 aliphatic heterocycles. The molecule has 7 heteroatoms. The molecule has 31 heavy (non-hydrogen) atoms. The Labute approximate surface area is 181 Å². The van der Waals surface area contributed by atoms with Crippen LogP contribution in [0.3, 0.4) is 0 Å². The number of hydrogen-bond acceptors (Lipinski definition) is 5. The molecular formula is C24H27N3O4. The molecule has 0 radical (unpaired) electrons. The first-order valence-corrected chi connectivity index (χ1v) is 10.6. The van der Waals surface area contributed by atoms with Crippen LogP contribution >= 0.6 is 0 Å². The third-order valence-electron chi connectivity index (χ3n) is 5.29. The molecule has 0 unspecified atom stereocenters. The van der Waals surface area contributed by atoms with Gasteiger partial charge in [-0.25, -0.2) is 0 Å². The number of ether oxygens (including phenoxy) is 1. The average molecular weight is 421 g/mol. The first-order chi connectivity index (χ1) is 15.0. The van der Waals surface area contributed by atoms with Gasteiger partial charge in [0.1, 0.15) is 17.1 Å². The Morgan fingerprint density at radius 1 is 1.16 bits per heavy atom. The van der Waals surface area contributed by atoms with Crippen molar-refractivity contribution in [2.24, 2.45) is 0 Å². The molecule has 2 atom stereocenters. The smallest absolute Gasteiger partial charge is 0.262 e. The number of nitrogens with zero attached hydrogens (tertiary/aromatic N) is 1. The maximum atomic E-state index is 12.8. The maximum absolute atomic E-state index is 12.8. The van der Waals surface area contributed by atoms with E-state index in [9.17, 15) is 9.59 Å². The van der Waals surface area contributed by atoms with E-state index in [1.807, 2.05) is 73.3 Å². The summed E-state index contributed by atoms with van der Waals surface area (Å²) in [5.41, 5.74) is 1.59. The number of anilines is 1. The second-order valence-electron chi connectivity index (χ2n) is 7.72. The molecule has 1 aliphatic rings. The summed E-state index contributed by atoms with van der Waals surface area (Å²) in [6, 6.07) is 16.9. The van der Waals surface area contributed by atoms with Gasteiger partial charge in [-0.1, -0.05) is 37.3 Å². The highest BCUT2D eigenvalue weighted by Crippen LogP contribution is 2.33. The van der Waals surface area contributed by atoms with E-state index in [0.717, 1.165) is 23.1 Å². The fourth-order valence-electron chi connectivity index (χ4n) is 3.70. The molecule has 0 aliphatic carbocycles. The van der Waals surface area contributed by atoms with Crippen LogP contribution in [0.25, 0.3) is 11.0 Å². The van der Waals surface area contributed by atoms with Gasteiger partial charge in [-0.2, -0.15) is 0 Å². The Kier molecular flexibility index (Phi) is 6.11. The van der Waals surface area contributed by atoms with E-state index in [2.05, 4.69) is 10.6 Å². The lowest BCUT2D eigenvalue weighted by molar-refractivity contribution is -0.128. The summed E-state index contributed by atoms with van der Waals surface area (Å²) in [7, 11) is 0.